The highest BCUT2D eigenvalue weighted by Gasteiger charge is 2.34. The number of nitrogens with zero attached hydrogens (tertiary/aromatic N) is 1. The van der Waals surface area contributed by atoms with Crippen LogP contribution in [0.2, 0.25) is 0 Å². The van der Waals surface area contributed by atoms with Crippen LogP contribution in [-0.4, -0.2) is 42.9 Å². The molecule has 2 aliphatic heterocycles. The van der Waals surface area contributed by atoms with Gasteiger partial charge >= 0.3 is 0 Å². The molecule has 6 heteroatoms. The second-order valence-corrected chi connectivity index (χ2v) is 8.14. The number of para-hydroxylation sites is 1. The van der Waals surface area contributed by atoms with Gasteiger partial charge < -0.3 is 14.4 Å². The van der Waals surface area contributed by atoms with Crippen LogP contribution < -0.4 is 9.47 Å². The SMILES string of the molecule is O=C1COc2cc(F)c(C(=O)N3CC(COc4ccccc4C4CC4)C3)cc2C1. The number of hydrogen-bond acceptors (Lipinski definition) is 4. The average Bonchev–Trinajstić information content (AvgIpc) is 3.52. The van der Waals surface area contributed by atoms with Crippen molar-refractivity contribution in [3.63, 3.8) is 0 Å². The number of carbonyl (C=O) groups excluding carboxylic acids is 2. The third-order valence-corrected chi connectivity index (χ3v) is 5.81. The lowest BCUT2D eigenvalue weighted by atomic mass is 9.97. The molecule has 0 bridgehead atoms. The van der Waals surface area contributed by atoms with Crippen LogP contribution in [0.3, 0.4) is 0 Å². The maximum absolute atomic E-state index is 14.4. The van der Waals surface area contributed by atoms with E-state index in [4.69, 9.17) is 9.47 Å². The van der Waals surface area contributed by atoms with E-state index in [0.717, 1.165) is 5.75 Å². The standard InChI is InChI=1S/C23H22FNO4/c24-20-9-22-16(7-17(26)13-29-22)8-19(20)23(27)25-10-14(11-25)12-28-21-4-2-1-3-18(21)15-5-6-15/h1-4,8-9,14-15H,5-7,10-13H2. The number of benzene rings is 2. The van der Waals surface area contributed by atoms with Gasteiger partial charge in [-0.3, -0.25) is 9.59 Å². The maximum Gasteiger partial charge on any atom is 0.256 e. The van der Waals surface area contributed by atoms with Crippen molar-refractivity contribution in [3.05, 3.63) is 58.9 Å². The zero-order valence-electron chi connectivity index (χ0n) is 16.0. The Balaban J connectivity index is 1.20. The monoisotopic (exact) mass is 395 g/mol. The molecular formula is C23H22FNO4. The van der Waals surface area contributed by atoms with Gasteiger partial charge in [-0.25, -0.2) is 4.39 Å². The summed E-state index contributed by atoms with van der Waals surface area (Å²) >= 11 is 0. The number of ether oxygens (including phenoxy) is 2. The lowest BCUT2D eigenvalue weighted by Gasteiger charge is -2.39. The molecule has 2 aromatic rings. The van der Waals surface area contributed by atoms with Crippen LogP contribution >= 0.6 is 0 Å². The van der Waals surface area contributed by atoms with Gasteiger partial charge in [0.2, 0.25) is 0 Å². The minimum absolute atomic E-state index is 0.000461. The molecule has 29 heavy (non-hydrogen) atoms. The minimum atomic E-state index is -0.610. The predicted molar refractivity (Wildman–Crippen MR) is 104 cm³/mol. The number of hydrogen-bond donors (Lipinski definition) is 0. The van der Waals surface area contributed by atoms with E-state index < -0.39 is 5.82 Å². The summed E-state index contributed by atoms with van der Waals surface area (Å²) in [6.45, 7) is 1.58. The van der Waals surface area contributed by atoms with Gasteiger partial charge in [0.05, 0.1) is 12.2 Å². The number of halogens is 1. The summed E-state index contributed by atoms with van der Waals surface area (Å²) in [4.78, 5) is 25.9. The quantitative estimate of drug-likeness (QED) is 0.779. The number of fused-ring (bicyclic) bond motifs is 1. The van der Waals surface area contributed by atoms with E-state index >= 15 is 0 Å². The molecule has 0 spiro atoms. The molecule has 0 N–H and O–H groups in total. The second kappa shape index (κ2) is 7.17. The molecule has 0 radical (unpaired) electrons. The molecule has 0 aromatic heterocycles. The van der Waals surface area contributed by atoms with Crippen molar-refractivity contribution in [2.24, 2.45) is 5.92 Å². The van der Waals surface area contributed by atoms with Gasteiger partial charge in [0, 0.05) is 37.1 Å². The fourth-order valence-electron chi connectivity index (χ4n) is 4.02. The molecule has 1 saturated carbocycles. The third-order valence-electron chi connectivity index (χ3n) is 5.81. The molecule has 1 amide bonds. The molecule has 2 heterocycles. The number of likely N-dealkylation sites (tertiary alicyclic amines) is 1. The Kier molecular flexibility index (Phi) is 4.49. The van der Waals surface area contributed by atoms with Crippen molar-refractivity contribution in [2.75, 3.05) is 26.3 Å². The smallest absolute Gasteiger partial charge is 0.256 e. The molecule has 2 aromatic carbocycles. The maximum atomic E-state index is 14.4. The lowest BCUT2D eigenvalue weighted by molar-refractivity contribution is -0.121. The lowest BCUT2D eigenvalue weighted by Crippen LogP contribution is -2.52. The topological polar surface area (TPSA) is 55.8 Å². The van der Waals surface area contributed by atoms with Gasteiger partial charge in [-0.2, -0.15) is 0 Å². The molecule has 1 saturated heterocycles. The summed E-state index contributed by atoms with van der Waals surface area (Å²) in [6, 6.07) is 10.8. The molecule has 0 unspecified atom stereocenters. The Bertz CT molecular complexity index is 979. The Hall–Kier alpha value is -2.89. The number of rotatable bonds is 5. The zero-order valence-corrected chi connectivity index (χ0v) is 16.0. The Morgan fingerprint density at radius 3 is 2.79 bits per heavy atom. The molecular weight excluding hydrogens is 373 g/mol. The first kappa shape index (κ1) is 18.2. The third kappa shape index (κ3) is 3.59. The average molecular weight is 395 g/mol. The van der Waals surface area contributed by atoms with E-state index in [9.17, 15) is 14.0 Å². The molecule has 1 aliphatic carbocycles. The highest BCUT2D eigenvalue weighted by molar-refractivity contribution is 5.96. The van der Waals surface area contributed by atoms with Crippen LogP contribution in [0.4, 0.5) is 4.39 Å². The van der Waals surface area contributed by atoms with Crippen LogP contribution in [0.5, 0.6) is 11.5 Å². The number of carbonyl (C=O) groups is 2. The van der Waals surface area contributed by atoms with E-state index in [1.54, 1.807) is 4.90 Å². The van der Waals surface area contributed by atoms with Crippen molar-refractivity contribution < 1.29 is 23.5 Å². The highest BCUT2D eigenvalue weighted by atomic mass is 19.1. The van der Waals surface area contributed by atoms with Crippen molar-refractivity contribution in [2.45, 2.75) is 25.2 Å². The van der Waals surface area contributed by atoms with Gasteiger partial charge in [0.1, 0.15) is 23.9 Å². The minimum Gasteiger partial charge on any atom is -0.493 e. The van der Waals surface area contributed by atoms with Crippen molar-refractivity contribution >= 4 is 11.7 Å². The number of Topliss-reactive ketones (excluding diaryl/α,β-unsaturated/α-hetero) is 1. The molecule has 5 nitrogen and oxygen atoms in total. The van der Waals surface area contributed by atoms with Crippen molar-refractivity contribution in [1.29, 1.82) is 0 Å². The summed E-state index contributed by atoms with van der Waals surface area (Å²) in [5.74, 6) is 1.10. The Morgan fingerprint density at radius 2 is 2.00 bits per heavy atom. The second-order valence-electron chi connectivity index (χ2n) is 8.14. The van der Waals surface area contributed by atoms with Crippen molar-refractivity contribution in [3.8, 4) is 11.5 Å². The molecule has 150 valence electrons. The first-order chi connectivity index (χ1) is 14.1. The van der Waals surface area contributed by atoms with Crippen LogP contribution in [0, 0.1) is 11.7 Å². The van der Waals surface area contributed by atoms with Gasteiger partial charge in [0.25, 0.3) is 5.91 Å². The summed E-state index contributed by atoms with van der Waals surface area (Å²) in [5, 5.41) is 0. The predicted octanol–water partition coefficient (Wildman–Crippen LogP) is 3.36. The van der Waals surface area contributed by atoms with E-state index in [0.29, 0.717) is 36.9 Å². The van der Waals surface area contributed by atoms with E-state index in [1.165, 1.54) is 30.5 Å². The summed E-state index contributed by atoms with van der Waals surface area (Å²) in [7, 11) is 0. The molecule has 0 atom stereocenters. The Morgan fingerprint density at radius 1 is 1.21 bits per heavy atom. The highest BCUT2D eigenvalue weighted by Crippen LogP contribution is 2.44. The molecule has 3 aliphatic rings. The summed E-state index contributed by atoms with van der Waals surface area (Å²) < 4.78 is 25.7. The molecule has 5 rings (SSSR count). The van der Waals surface area contributed by atoms with Crippen LogP contribution in [0.15, 0.2) is 36.4 Å². The number of ketones is 1. The van der Waals surface area contributed by atoms with E-state index in [1.807, 2.05) is 18.2 Å². The van der Waals surface area contributed by atoms with Crippen LogP contribution in [0.25, 0.3) is 0 Å². The van der Waals surface area contributed by atoms with Crippen LogP contribution in [-0.2, 0) is 11.2 Å². The largest absolute Gasteiger partial charge is 0.493 e. The summed E-state index contributed by atoms with van der Waals surface area (Å²) in [6.07, 6.45) is 2.61. The first-order valence-corrected chi connectivity index (χ1v) is 10.1. The van der Waals surface area contributed by atoms with Gasteiger partial charge in [-0.15, -0.1) is 0 Å². The summed E-state index contributed by atoms with van der Waals surface area (Å²) in [5.41, 5.74) is 1.84. The van der Waals surface area contributed by atoms with Gasteiger partial charge in [-0.05, 0) is 36.5 Å². The van der Waals surface area contributed by atoms with Crippen molar-refractivity contribution in [1.82, 2.24) is 4.90 Å². The Labute approximate surface area is 168 Å². The van der Waals surface area contributed by atoms with Gasteiger partial charge in [-0.1, -0.05) is 18.2 Å². The van der Waals surface area contributed by atoms with E-state index in [2.05, 4.69) is 6.07 Å². The fraction of sp³-hybridized carbons (Fsp3) is 0.391. The van der Waals surface area contributed by atoms with Gasteiger partial charge in [0.15, 0.2) is 5.78 Å². The number of amides is 1. The van der Waals surface area contributed by atoms with Crippen LogP contribution in [0.1, 0.15) is 40.2 Å². The normalized spacial score (nSPS) is 18.7. The van der Waals surface area contributed by atoms with E-state index in [-0.39, 0.29) is 36.2 Å². The molecule has 2 fully saturated rings. The fourth-order valence-corrected chi connectivity index (χ4v) is 4.02. The first-order valence-electron chi connectivity index (χ1n) is 10.1. The zero-order chi connectivity index (χ0) is 20.0.